The number of carbonyl (C=O) groups excluding carboxylic acids is 1. The van der Waals surface area contributed by atoms with Crippen molar-refractivity contribution in [1.29, 1.82) is 10.5 Å². The Balaban J connectivity index is 2.06. The molecule has 0 bridgehead atoms. The van der Waals surface area contributed by atoms with Gasteiger partial charge in [0.2, 0.25) is 11.7 Å². The summed E-state index contributed by atoms with van der Waals surface area (Å²) in [6.07, 6.45) is 0. The van der Waals surface area contributed by atoms with E-state index < -0.39 is 0 Å². The van der Waals surface area contributed by atoms with E-state index in [-0.39, 0.29) is 39.2 Å². The van der Waals surface area contributed by atoms with Crippen LogP contribution in [0.4, 0.5) is 11.5 Å². The van der Waals surface area contributed by atoms with Crippen molar-refractivity contribution in [3.8, 4) is 40.5 Å². The summed E-state index contributed by atoms with van der Waals surface area (Å²) in [5.74, 6) is 0.694. The minimum atomic E-state index is -0.279. The van der Waals surface area contributed by atoms with Crippen molar-refractivity contribution in [1.82, 2.24) is 4.98 Å². The van der Waals surface area contributed by atoms with Gasteiger partial charge in [0.1, 0.15) is 28.5 Å². The van der Waals surface area contributed by atoms with Crippen molar-refractivity contribution < 1.29 is 19.0 Å². The number of hydrogen-bond donors (Lipinski definition) is 2. The number of methoxy groups -OCH3 is 3. The molecule has 0 radical (unpaired) electrons. The third-order valence-corrected chi connectivity index (χ3v) is 5.74. The first-order valence-corrected chi connectivity index (χ1v) is 10.9. The topological polar surface area (TPSA) is 143 Å². The minimum absolute atomic E-state index is 0.0173. The van der Waals surface area contributed by atoms with Crippen molar-refractivity contribution in [2.45, 2.75) is 5.03 Å². The van der Waals surface area contributed by atoms with Gasteiger partial charge in [-0.15, -0.1) is 0 Å². The molecule has 0 aliphatic rings. The second-order valence-corrected chi connectivity index (χ2v) is 7.73. The summed E-state index contributed by atoms with van der Waals surface area (Å²) in [5, 5.41) is 22.8. The van der Waals surface area contributed by atoms with E-state index in [4.69, 9.17) is 19.9 Å². The van der Waals surface area contributed by atoms with Gasteiger partial charge in [-0.25, -0.2) is 4.98 Å². The lowest BCUT2D eigenvalue weighted by Gasteiger charge is -2.17. The monoisotopic (exact) mass is 475 g/mol. The number of benzene rings is 2. The van der Waals surface area contributed by atoms with E-state index in [1.165, 1.54) is 21.3 Å². The molecule has 1 amide bonds. The second-order valence-electron chi connectivity index (χ2n) is 6.77. The summed E-state index contributed by atoms with van der Waals surface area (Å²) >= 11 is 1.05. The first-order chi connectivity index (χ1) is 16.5. The van der Waals surface area contributed by atoms with Gasteiger partial charge in [0, 0.05) is 11.3 Å². The molecule has 2 aromatic carbocycles. The van der Waals surface area contributed by atoms with Crippen LogP contribution in [0, 0.1) is 22.7 Å². The van der Waals surface area contributed by atoms with E-state index in [9.17, 15) is 15.3 Å². The first-order valence-electron chi connectivity index (χ1n) is 9.89. The Labute approximate surface area is 201 Å². The van der Waals surface area contributed by atoms with Crippen LogP contribution in [0.25, 0.3) is 11.1 Å². The lowest BCUT2D eigenvalue weighted by atomic mass is 9.96. The SMILES string of the molecule is COc1cc(-c2c(C#N)c(N)nc(SCC(=O)Nc3ccccc3)c2C#N)cc(OC)c1OC. The number of anilines is 2. The number of nitrogens with two attached hydrogens (primary N) is 1. The number of carbonyl (C=O) groups is 1. The zero-order valence-corrected chi connectivity index (χ0v) is 19.5. The van der Waals surface area contributed by atoms with Crippen LogP contribution in [0.15, 0.2) is 47.5 Å². The van der Waals surface area contributed by atoms with Gasteiger partial charge in [0.05, 0.1) is 32.6 Å². The largest absolute Gasteiger partial charge is 0.493 e. The molecule has 10 heteroatoms. The molecular weight excluding hydrogens is 454 g/mol. The van der Waals surface area contributed by atoms with E-state index in [1.807, 2.05) is 24.3 Å². The van der Waals surface area contributed by atoms with Gasteiger partial charge in [0.25, 0.3) is 0 Å². The van der Waals surface area contributed by atoms with Gasteiger partial charge in [0.15, 0.2) is 11.5 Å². The highest BCUT2D eigenvalue weighted by Crippen LogP contribution is 2.44. The van der Waals surface area contributed by atoms with Gasteiger partial charge in [-0.2, -0.15) is 10.5 Å². The number of hydrogen-bond acceptors (Lipinski definition) is 9. The summed E-state index contributed by atoms with van der Waals surface area (Å²) in [7, 11) is 4.40. The third-order valence-electron chi connectivity index (χ3n) is 4.77. The van der Waals surface area contributed by atoms with Gasteiger partial charge in [-0.3, -0.25) is 4.79 Å². The van der Waals surface area contributed by atoms with Crippen LogP contribution >= 0.6 is 11.8 Å². The van der Waals surface area contributed by atoms with Gasteiger partial charge in [-0.05, 0) is 29.8 Å². The normalized spacial score (nSPS) is 10.0. The maximum atomic E-state index is 12.4. The fourth-order valence-electron chi connectivity index (χ4n) is 3.27. The molecule has 34 heavy (non-hydrogen) atoms. The molecule has 9 nitrogen and oxygen atoms in total. The van der Waals surface area contributed by atoms with Crippen LogP contribution in [-0.2, 0) is 4.79 Å². The molecule has 0 saturated carbocycles. The second kappa shape index (κ2) is 10.9. The summed E-state index contributed by atoms with van der Waals surface area (Å²) in [4.78, 5) is 16.6. The number of amides is 1. The average molecular weight is 476 g/mol. The summed E-state index contributed by atoms with van der Waals surface area (Å²) in [6, 6.07) is 16.4. The predicted octanol–water partition coefficient (Wildman–Crippen LogP) is 3.83. The number of para-hydroxylation sites is 1. The Hall–Kier alpha value is -4.41. The molecule has 1 aromatic heterocycles. The number of ether oxygens (including phenoxy) is 3. The molecule has 0 unspecified atom stereocenters. The molecule has 3 N–H and O–H groups in total. The molecular formula is C24H21N5O4S. The van der Waals surface area contributed by atoms with Gasteiger partial charge >= 0.3 is 0 Å². The fourth-order valence-corrected chi connectivity index (χ4v) is 4.06. The number of thioether (sulfide) groups is 1. The first kappa shape index (κ1) is 24.2. The van der Waals surface area contributed by atoms with E-state index in [1.54, 1.807) is 24.3 Å². The number of nitrogen functional groups attached to an aromatic ring is 1. The van der Waals surface area contributed by atoms with Crippen molar-refractivity contribution in [2.75, 3.05) is 38.1 Å². The molecule has 0 aliphatic carbocycles. The molecule has 1 heterocycles. The Bertz CT molecular complexity index is 1270. The van der Waals surface area contributed by atoms with Crippen molar-refractivity contribution in [3.05, 3.63) is 53.6 Å². The van der Waals surface area contributed by atoms with Crippen LogP contribution in [0.1, 0.15) is 11.1 Å². The maximum Gasteiger partial charge on any atom is 0.234 e. The van der Waals surface area contributed by atoms with E-state index in [0.29, 0.717) is 28.5 Å². The molecule has 0 atom stereocenters. The molecule has 3 aromatic rings. The smallest absolute Gasteiger partial charge is 0.234 e. The van der Waals surface area contributed by atoms with Crippen molar-refractivity contribution >= 4 is 29.2 Å². The lowest BCUT2D eigenvalue weighted by Crippen LogP contribution is -2.14. The summed E-state index contributed by atoms with van der Waals surface area (Å²) in [5.41, 5.74) is 7.59. The van der Waals surface area contributed by atoms with Crippen LogP contribution < -0.4 is 25.3 Å². The number of nitrogens with one attached hydrogen (secondary N) is 1. The van der Waals surface area contributed by atoms with Crippen molar-refractivity contribution in [3.63, 3.8) is 0 Å². The Morgan fingerprint density at radius 1 is 1.03 bits per heavy atom. The number of rotatable bonds is 8. The summed E-state index contributed by atoms with van der Waals surface area (Å²) in [6.45, 7) is 0. The van der Waals surface area contributed by atoms with E-state index in [0.717, 1.165) is 11.8 Å². The van der Waals surface area contributed by atoms with Crippen LogP contribution in [0.5, 0.6) is 17.2 Å². The molecule has 0 aliphatic heterocycles. The Morgan fingerprint density at radius 2 is 1.65 bits per heavy atom. The quantitative estimate of drug-likeness (QED) is 0.464. The molecule has 3 rings (SSSR count). The zero-order chi connectivity index (χ0) is 24.7. The standard InChI is InChI=1S/C24H21N5O4S/c1-31-18-9-14(10-19(32-2)22(18)33-3)21-16(11-25)23(27)29-24(17(21)12-26)34-13-20(30)28-15-7-5-4-6-8-15/h4-10H,13H2,1-3H3,(H2,27,29)(H,28,30). The number of nitriles is 2. The highest BCUT2D eigenvalue weighted by Gasteiger charge is 2.24. The average Bonchev–Trinajstić information content (AvgIpc) is 2.86. The maximum absolute atomic E-state index is 12.4. The molecule has 0 spiro atoms. The Morgan fingerprint density at radius 3 is 2.18 bits per heavy atom. The number of pyridine rings is 1. The summed E-state index contributed by atoms with van der Waals surface area (Å²) < 4.78 is 16.2. The zero-order valence-electron chi connectivity index (χ0n) is 18.7. The molecule has 0 saturated heterocycles. The number of nitrogens with zero attached hydrogens (tertiary/aromatic N) is 3. The molecule has 0 fully saturated rings. The van der Waals surface area contributed by atoms with E-state index in [2.05, 4.69) is 16.4 Å². The van der Waals surface area contributed by atoms with E-state index >= 15 is 0 Å². The van der Waals surface area contributed by atoms with Crippen molar-refractivity contribution in [2.24, 2.45) is 0 Å². The van der Waals surface area contributed by atoms with Gasteiger partial charge in [-0.1, -0.05) is 30.0 Å². The van der Waals surface area contributed by atoms with Crippen LogP contribution in [0.2, 0.25) is 0 Å². The molecule has 172 valence electrons. The fraction of sp³-hybridized carbons (Fsp3) is 0.167. The predicted molar refractivity (Wildman–Crippen MR) is 129 cm³/mol. The number of aromatic nitrogens is 1. The highest BCUT2D eigenvalue weighted by molar-refractivity contribution is 8.00. The lowest BCUT2D eigenvalue weighted by molar-refractivity contribution is -0.113. The minimum Gasteiger partial charge on any atom is -0.493 e. The van der Waals surface area contributed by atoms with Crippen LogP contribution in [-0.4, -0.2) is 38.0 Å². The van der Waals surface area contributed by atoms with Crippen LogP contribution in [0.3, 0.4) is 0 Å². The Kier molecular flexibility index (Phi) is 7.80. The highest BCUT2D eigenvalue weighted by atomic mass is 32.2. The third kappa shape index (κ3) is 4.98. The van der Waals surface area contributed by atoms with Gasteiger partial charge < -0.3 is 25.3 Å².